The summed E-state index contributed by atoms with van der Waals surface area (Å²) < 4.78 is 18.4. The van der Waals surface area contributed by atoms with Gasteiger partial charge in [0.1, 0.15) is 11.6 Å². The number of rotatable bonds is 8. The Kier molecular flexibility index (Phi) is 7.62. The van der Waals surface area contributed by atoms with Gasteiger partial charge in [-0.1, -0.05) is 18.2 Å². The molecule has 2 atom stereocenters. The second-order valence-corrected chi connectivity index (χ2v) is 9.32. The first-order valence-electron chi connectivity index (χ1n) is 11.2. The van der Waals surface area contributed by atoms with E-state index in [1.807, 2.05) is 12.1 Å². The summed E-state index contributed by atoms with van der Waals surface area (Å²) in [7, 11) is 1.68. The molecule has 0 radical (unpaired) electrons. The van der Waals surface area contributed by atoms with Gasteiger partial charge in [-0.15, -0.1) is 11.3 Å². The molecule has 1 aromatic heterocycles. The van der Waals surface area contributed by atoms with Crippen molar-refractivity contribution in [1.82, 2.24) is 10.2 Å². The lowest BCUT2D eigenvalue weighted by Gasteiger charge is -2.42. The van der Waals surface area contributed by atoms with Crippen molar-refractivity contribution in [2.75, 3.05) is 38.2 Å². The van der Waals surface area contributed by atoms with Gasteiger partial charge >= 0.3 is 0 Å². The van der Waals surface area contributed by atoms with E-state index in [0.29, 0.717) is 0 Å². The van der Waals surface area contributed by atoms with E-state index in [9.17, 15) is 9.18 Å². The van der Waals surface area contributed by atoms with Crippen molar-refractivity contribution in [2.24, 2.45) is 0 Å². The second kappa shape index (κ2) is 10.8. The van der Waals surface area contributed by atoms with Crippen LogP contribution in [-0.2, 0) is 11.2 Å². The minimum atomic E-state index is -0.293. The number of benzene rings is 2. The summed E-state index contributed by atoms with van der Waals surface area (Å²) in [6, 6.07) is 18.6. The van der Waals surface area contributed by atoms with Gasteiger partial charge in [0, 0.05) is 42.8 Å². The third-order valence-electron chi connectivity index (χ3n) is 6.12. The number of carbonyl (C=O) groups is 1. The maximum absolute atomic E-state index is 13.2. The molecule has 1 fully saturated rings. The van der Waals surface area contributed by atoms with E-state index < -0.39 is 0 Å². The van der Waals surface area contributed by atoms with E-state index in [-0.39, 0.29) is 30.2 Å². The Bertz CT molecular complexity index is 1020. The number of ether oxygens (including phenoxy) is 1. The zero-order valence-corrected chi connectivity index (χ0v) is 19.9. The second-order valence-electron chi connectivity index (χ2n) is 8.34. The summed E-state index contributed by atoms with van der Waals surface area (Å²) in [6.07, 6.45) is 0.243. The number of nitrogens with one attached hydrogen (secondary N) is 1. The lowest BCUT2D eigenvalue weighted by atomic mass is 10.0. The zero-order valence-electron chi connectivity index (χ0n) is 19.0. The molecule has 2 heterocycles. The first kappa shape index (κ1) is 23.3. The number of piperazine rings is 1. The van der Waals surface area contributed by atoms with Crippen molar-refractivity contribution >= 4 is 22.9 Å². The van der Waals surface area contributed by atoms with E-state index >= 15 is 0 Å². The van der Waals surface area contributed by atoms with Gasteiger partial charge in [0.05, 0.1) is 19.6 Å². The van der Waals surface area contributed by atoms with Crippen LogP contribution in [0.3, 0.4) is 0 Å². The predicted octanol–water partition coefficient (Wildman–Crippen LogP) is 4.51. The molecule has 1 N–H and O–H groups in total. The van der Waals surface area contributed by atoms with E-state index in [1.54, 1.807) is 30.6 Å². The molecule has 0 aliphatic carbocycles. The third kappa shape index (κ3) is 5.92. The molecule has 1 saturated heterocycles. The molecule has 0 spiro atoms. The number of carbonyl (C=O) groups excluding carboxylic acids is 1. The Labute approximate surface area is 198 Å². The summed E-state index contributed by atoms with van der Waals surface area (Å²) in [4.78, 5) is 18.8. The van der Waals surface area contributed by atoms with E-state index in [4.69, 9.17) is 4.74 Å². The van der Waals surface area contributed by atoms with E-state index in [0.717, 1.165) is 37.5 Å². The molecule has 174 valence electrons. The Hall–Kier alpha value is -2.90. The molecule has 0 saturated carbocycles. The van der Waals surface area contributed by atoms with Crippen LogP contribution in [0.2, 0.25) is 0 Å². The fourth-order valence-electron chi connectivity index (χ4n) is 4.43. The molecule has 1 aliphatic rings. The van der Waals surface area contributed by atoms with E-state index in [2.05, 4.69) is 51.7 Å². The number of nitrogens with zero attached hydrogens (tertiary/aromatic N) is 2. The molecule has 33 heavy (non-hydrogen) atoms. The number of thiophene rings is 1. The Morgan fingerprint density at radius 3 is 2.36 bits per heavy atom. The number of anilines is 1. The SMILES string of the molecule is COc1ccc(N2CCN(C(c3cccs3)C(C)NC(=O)Cc3ccc(F)cc3)CC2)cc1. The molecule has 5 nitrogen and oxygen atoms in total. The van der Waals surface area contributed by atoms with E-state index in [1.165, 1.54) is 22.7 Å². The number of hydrogen-bond donors (Lipinski definition) is 1. The molecular weight excluding hydrogens is 437 g/mol. The average molecular weight is 468 g/mol. The molecule has 2 aromatic carbocycles. The Morgan fingerprint density at radius 1 is 1.06 bits per heavy atom. The number of amides is 1. The summed E-state index contributed by atoms with van der Waals surface area (Å²) in [6.45, 7) is 5.73. The van der Waals surface area contributed by atoms with Gasteiger partial charge < -0.3 is 15.0 Å². The molecule has 7 heteroatoms. The maximum Gasteiger partial charge on any atom is 0.224 e. The van der Waals surface area contributed by atoms with Gasteiger partial charge in [0.15, 0.2) is 0 Å². The van der Waals surface area contributed by atoms with Crippen LogP contribution in [0.1, 0.15) is 23.4 Å². The molecule has 2 unspecified atom stereocenters. The van der Waals surface area contributed by atoms with Crippen LogP contribution < -0.4 is 15.0 Å². The minimum Gasteiger partial charge on any atom is -0.497 e. The third-order valence-corrected chi connectivity index (χ3v) is 7.06. The van der Waals surface area contributed by atoms with Gasteiger partial charge in [-0.2, -0.15) is 0 Å². The zero-order chi connectivity index (χ0) is 23.2. The van der Waals surface area contributed by atoms with Gasteiger partial charge in [-0.05, 0) is 60.3 Å². The molecule has 0 bridgehead atoms. The minimum absolute atomic E-state index is 0.0486. The lowest BCUT2D eigenvalue weighted by molar-refractivity contribution is -0.121. The van der Waals surface area contributed by atoms with Crippen LogP contribution in [0.4, 0.5) is 10.1 Å². The van der Waals surface area contributed by atoms with Crippen molar-refractivity contribution < 1.29 is 13.9 Å². The van der Waals surface area contributed by atoms with Crippen LogP contribution in [0.25, 0.3) is 0 Å². The van der Waals surface area contributed by atoms with Crippen molar-refractivity contribution in [3.8, 4) is 5.75 Å². The van der Waals surface area contributed by atoms with Gasteiger partial charge in [-0.3, -0.25) is 9.69 Å². The summed E-state index contributed by atoms with van der Waals surface area (Å²) in [5.41, 5.74) is 2.01. The smallest absolute Gasteiger partial charge is 0.224 e. The monoisotopic (exact) mass is 467 g/mol. The van der Waals surface area contributed by atoms with Crippen LogP contribution >= 0.6 is 11.3 Å². The van der Waals surface area contributed by atoms with Crippen molar-refractivity contribution in [1.29, 1.82) is 0 Å². The fourth-order valence-corrected chi connectivity index (χ4v) is 5.39. The van der Waals surface area contributed by atoms with Gasteiger partial charge in [0.25, 0.3) is 0 Å². The molecule has 3 aromatic rings. The highest BCUT2D eigenvalue weighted by atomic mass is 32.1. The first-order valence-corrected chi connectivity index (χ1v) is 12.1. The molecule has 1 amide bonds. The van der Waals surface area contributed by atoms with Crippen molar-refractivity contribution in [3.05, 3.63) is 82.3 Å². The van der Waals surface area contributed by atoms with Crippen molar-refractivity contribution in [2.45, 2.75) is 25.4 Å². The van der Waals surface area contributed by atoms with Crippen LogP contribution in [-0.4, -0.2) is 50.1 Å². The molecule has 1 aliphatic heterocycles. The average Bonchev–Trinajstić information content (AvgIpc) is 3.35. The molecular formula is C26H30FN3O2S. The quantitative estimate of drug-likeness (QED) is 0.530. The van der Waals surface area contributed by atoms with Gasteiger partial charge in [-0.25, -0.2) is 4.39 Å². The number of halogens is 1. The lowest BCUT2D eigenvalue weighted by Crippen LogP contribution is -2.52. The largest absolute Gasteiger partial charge is 0.497 e. The highest BCUT2D eigenvalue weighted by Gasteiger charge is 2.31. The molecule has 4 rings (SSSR count). The summed E-state index contributed by atoms with van der Waals surface area (Å²) in [5.74, 6) is 0.520. The van der Waals surface area contributed by atoms with Gasteiger partial charge in [0.2, 0.25) is 5.91 Å². The highest BCUT2D eigenvalue weighted by molar-refractivity contribution is 7.10. The topological polar surface area (TPSA) is 44.8 Å². The standard InChI is InChI=1S/C26H30FN3O2S/c1-19(28-25(31)18-20-5-7-21(27)8-6-20)26(24-4-3-17-33-24)30-15-13-29(14-16-30)22-9-11-23(32-2)12-10-22/h3-12,17,19,26H,13-16,18H2,1-2H3,(H,28,31). The predicted molar refractivity (Wildman–Crippen MR) is 132 cm³/mol. The van der Waals surface area contributed by atoms with Crippen LogP contribution in [0.5, 0.6) is 5.75 Å². The number of hydrogen-bond acceptors (Lipinski definition) is 5. The van der Waals surface area contributed by atoms with Crippen LogP contribution in [0, 0.1) is 5.82 Å². The first-order chi connectivity index (χ1) is 16.0. The fraction of sp³-hybridized carbons (Fsp3) is 0.346. The van der Waals surface area contributed by atoms with Crippen molar-refractivity contribution in [3.63, 3.8) is 0 Å². The summed E-state index contributed by atoms with van der Waals surface area (Å²) >= 11 is 1.72. The van der Waals surface area contributed by atoms with Crippen LogP contribution in [0.15, 0.2) is 66.0 Å². The summed E-state index contributed by atoms with van der Waals surface area (Å²) in [5, 5.41) is 5.28. The highest BCUT2D eigenvalue weighted by Crippen LogP contribution is 2.30. The Morgan fingerprint density at radius 2 is 1.76 bits per heavy atom. The number of methoxy groups -OCH3 is 1. The maximum atomic E-state index is 13.2. The Balaban J connectivity index is 1.40. The normalized spacial score (nSPS) is 16.3.